The van der Waals surface area contributed by atoms with E-state index < -0.39 is 0 Å². The molecule has 0 aromatic heterocycles. The molecule has 2 unspecified atom stereocenters. The van der Waals surface area contributed by atoms with E-state index >= 15 is 0 Å². The molecule has 0 amide bonds. The third kappa shape index (κ3) is 2.78. The highest BCUT2D eigenvalue weighted by molar-refractivity contribution is 4.91. The fraction of sp³-hybridized carbons (Fsp3) is 1.00. The monoisotopic (exact) mass is 224 g/mol. The molecule has 2 heteroatoms. The maximum atomic E-state index is 3.74. The number of piperidine rings is 2. The Balaban J connectivity index is 1.91. The Labute approximate surface area is 101 Å². The first kappa shape index (κ1) is 12.4. The van der Waals surface area contributed by atoms with Crippen LogP contribution in [0.4, 0.5) is 0 Å². The minimum absolute atomic E-state index is 0.482. The van der Waals surface area contributed by atoms with Gasteiger partial charge in [-0.05, 0) is 51.1 Å². The van der Waals surface area contributed by atoms with E-state index in [1.54, 1.807) is 0 Å². The second-order valence-electron chi connectivity index (χ2n) is 6.44. The zero-order valence-corrected chi connectivity index (χ0v) is 11.3. The van der Waals surface area contributed by atoms with Crippen LogP contribution in [0.15, 0.2) is 0 Å². The predicted octanol–water partition coefficient (Wildman–Crippen LogP) is 2.64. The highest BCUT2D eigenvalue weighted by Crippen LogP contribution is 2.31. The maximum absolute atomic E-state index is 3.74. The number of hydrogen-bond donors (Lipinski definition) is 1. The Morgan fingerprint density at radius 1 is 1.25 bits per heavy atom. The van der Waals surface area contributed by atoms with E-state index in [9.17, 15) is 0 Å². The summed E-state index contributed by atoms with van der Waals surface area (Å²) >= 11 is 0. The van der Waals surface area contributed by atoms with Crippen molar-refractivity contribution < 1.29 is 0 Å². The number of likely N-dealkylation sites (tertiary alicyclic amines) is 1. The van der Waals surface area contributed by atoms with Gasteiger partial charge in [-0.3, -0.25) is 4.90 Å². The normalized spacial score (nSPS) is 36.2. The lowest BCUT2D eigenvalue weighted by Gasteiger charge is -2.44. The van der Waals surface area contributed by atoms with Crippen LogP contribution in [0.3, 0.4) is 0 Å². The van der Waals surface area contributed by atoms with Gasteiger partial charge in [-0.25, -0.2) is 0 Å². The summed E-state index contributed by atoms with van der Waals surface area (Å²) < 4.78 is 0. The van der Waals surface area contributed by atoms with E-state index in [4.69, 9.17) is 0 Å². The smallest absolute Gasteiger partial charge is 0.0246 e. The fourth-order valence-corrected chi connectivity index (χ4v) is 3.25. The average Bonchev–Trinajstić information content (AvgIpc) is 2.24. The van der Waals surface area contributed by atoms with E-state index in [2.05, 4.69) is 31.0 Å². The van der Waals surface area contributed by atoms with Crippen LogP contribution >= 0.6 is 0 Å². The number of nitrogens with one attached hydrogen (secondary N) is 1. The van der Waals surface area contributed by atoms with Crippen molar-refractivity contribution >= 4 is 0 Å². The molecule has 2 nitrogen and oxygen atoms in total. The van der Waals surface area contributed by atoms with Crippen molar-refractivity contribution in [1.82, 2.24) is 10.2 Å². The van der Waals surface area contributed by atoms with Gasteiger partial charge in [0.25, 0.3) is 0 Å². The molecule has 1 N–H and O–H groups in total. The van der Waals surface area contributed by atoms with Gasteiger partial charge in [-0.2, -0.15) is 0 Å². The molecule has 2 atom stereocenters. The summed E-state index contributed by atoms with van der Waals surface area (Å²) in [5.74, 6) is 0. The lowest BCUT2D eigenvalue weighted by atomic mass is 9.77. The largest absolute Gasteiger partial charge is 0.312 e. The van der Waals surface area contributed by atoms with Gasteiger partial charge in [0.15, 0.2) is 0 Å². The number of rotatable bonds is 2. The SMILES string of the molecule is CC1CCCCN1CC1NCCCC1(C)C. The van der Waals surface area contributed by atoms with Gasteiger partial charge in [0.2, 0.25) is 0 Å². The molecule has 0 spiro atoms. The second-order valence-corrected chi connectivity index (χ2v) is 6.44. The van der Waals surface area contributed by atoms with Crippen molar-refractivity contribution in [2.45, 2.75) is 65.0 Å². The first-order chi connectivity index (χ1) is 7.59. The quantitative estimate of drug-likeness (QED) is 0.776. The first-order valence-corrected chi connectivity index (χ1v) is 7.07. The summed E-state index contributed by atoms with van der Waals surface area (Å²) in [5, 5.41) is 3.74. The van der Waals surface area contributed by atoms with Crippen molar-refractivity contribution in [1.29, 1.82) is 0 Å². The highest BCUT2D eigenvalue weighted by Gasteiger charge is 2.34. The van der Waals surface area contributed by atoms with Gasteiger partial charge >= 0.3 is 0 Å². The third-order valence-electron chi connectivity index (χ3n) is 4.69. The summed E-state index contributed by atoms with van der Waals surface area (Å²) in [6.45, 7) is 11.0. The lowest BCUT2D eigenvalue weighted by molar-refractivity contribution is 0.0871. The Morgan fingerprint density at radius 3 is 2.75 bits per heavy atom. The van der Waals surface area contributed by atoms with E-state index in [1.807, 2.05) is 0 Å². The molecule has 94 valence electrons. The lowest BCUT2D eigenvalue weighted by Crippen LogP contribution is -2.55. The molecule has 2 saturated heterocycles. The average molecular weight is 224 g/mol. The zero-order chi connectivity index (χ0) is 11.6. The summed E-state index contributed by atoms with van der Waals surface area (Å²) in [6, 6.07) is 1.50. The second kappa shape index (κ2) is 5.05. The standard InChI is InChI=1S/C14H28N2/c1-12-7-4-5-10-16(12)11-13-14(2,3)8-6-9-15-13/h12-13,15H,4-11H2,1-3H3. The molecule has 2 fully saturated rings. The minimum Gasteiger partial charge on any atom is -0.312 e. The van der Waals surface area contributed by atoms with Crippen LogP contribution in [0, 0.1) is 5.41 Å². The van der Waals surface area contributed by atoms with E-state index in [-0.39, 0.29) is 0 Å². The van der Waals surface area contributed by atoms with Crippen LogP contribution in [0.5, 0.6) is 0 Å². The van der Waals surface area contributed by atoms with Gasteiger partial charge in [-0.15, -0.1) is 0 Å². The molecule has 2 aliphatic heterocycles. The molecule has 0 bridgehead atoms. The van der Waals surface area contributed by atoms with Gasteiger partial charge in [0.05, 0.1) is 0 Å². The summed E-state index contributed by atoms with van der Waals surface area (Å²) in [5.41, 5.74) is 0.482. The highest BCUT2D eigenvalue weighted by atomic mass is 15.2. The van der Waals surface area contributed by atoms with Gasteiger partial charge in [0.1, 0.15) is 0 Å². The van der Waals surface area contributed by atoms with Crippen molar-refractivity contribution in [2.24, 2.45) is 5.41 Å². The summed E-state index contributed by atoms with van der Waals surface area (Å²) in [4.78, 5) is 2.70. The molecule has 16 heavy (non-hydrogen) atoms. The van der Waals surface area contributed by atoms with Crippen molar-refractivity contribution in [3.05, 3.63) is 0 Å². The number of nitrogens with zero attached hydrogens (tertiary/aromatic N) is 1. The maximum Gasteiger partial charge on any atom is 0.0246 e. The van der Waals surface area contributed by atoms with Crippen LogP contribution in [0.1, 0.15) is 52.9 Å². The van der Waals surface area contributed by atoms with Crippen LogP contribution in [-0.4, -0.2) is 36.6 Å². The summed E-state index contributed by atoms with van der Waals surface area (Å²) in [7, 11) is 0. The van der Waals surface area contributed by atoms with Crippen molar-refractivity contribution in [3.8, 4) is 0 Å². The van der Waals surface area contributed by atoms with Crippen LogP contribution in [0.2, 0.25) is 0 Å². The van der Waals surface area contributed by atoms with Crippen LogP contribution < -0.4 is 5.32 Å². The minimum atomic E-state index is 0.482. The Morgan fingerprint density at radius 2 is 2.06 bits per heavy atom. The first-order valence-electron chi connectivity index (χ1n) is 7.07. The van der Waals surface area contributed by atoms with E-state index in [0.717, 1.165) is 6.04 Å². The predicted molar refractivity (Wildman–Crippen MR) is 69.7 cm³/mol. The van der Waals surface area contributed by atoms with E-state index in [0.29, 0.717) is 11.5 Å². The van der Waals surface area contributed by atoms with Crippen molar-refractivity contribution in [2.75, 3.05) is 19.6 Å². The number of hydrogen-bond acceptors (Lipinski definition) is 2. The molecule has 2 heterocycles. The van der Waals surface area contributed by atoms with E-state index in [1.165, 1.54) is 51.7 Å². The van der Waals surface area contributed by atoms with Crippen LogP contribution in [-0.2, 0) is 0 Å². The van der Waals surface area contributed by atoms with Crippen LogP contribution in [0.25, 0.3) is 0 Å². The molecule has 0 aromatic rings. The topological polar surface area (TPSA) is 15.3 Å². The molecule has 0 saturated carbocycles. The third-order valence-corrected chi connectivity index (χ3v) is 4.69. The molecule has 0 radical (unpaired) electrons. The molecular weight excluding hydrogens is 196 g/mol. The van der Waals surface area contributed by atoms with Gasteiger partial charge < -0.3 is 5.32 Å². The molecular formula is C14H28N2. The zero-order valence-electron chi connectivity index (χ0n) is 11.3. The Hall–Kier alpha value is -0.0800. The molecule has 0 aromatic carbocycles. The molecule has 2 rings (SSSR count). The van der Waals surface area contributed by atoms with Gasteiger partial charge in [-0.1, -0.05) is 20.3 Å². The summed E-state index contributed by atoms with van der Waals surface area (Å²) in [6.07, 6.45) is 6.95. The molecule has 0 aliphatic carbocycles. The van der Waals surface area contributed by atoms with Crippen molar-refractivity contribution in [3.63, 3.8) is 0 Å². The molecule has 2 aliphatic rings. The fourth-order valence-electron chi connectivity index (χ4n) is 3.25. The Kier molecular flexibility index (Phi) is 3.91. The van der Waals surface area contributed by atoms with Gasteiger partial charge in [0, 0.05) is 18.6 Å². The Bertz CT molecular complexity index is 225.